The Bertz CT molecular complexity index is 276. The largest absolute Gasteiger partial charge is 0.296 e. The molecule has 1 aliphatic rings. The van der Waals surface area contributed by atoms with E-state index in [1.54, 1.807) is 20.1 Å². The zero-order valence-corrected chi connectivity index (χ0v) is 7.74. The lowest BCUT2D eigenvalue weighted by molar-refractivity contribution is -0.130. The third-order valence-corrected chi connectivity index (χ3v) is 1.98. The summed E-state index contributed by atoms with van der Waals surface area (Å²) in [5.74, 6) is -0.137. The Labute approximate surface area is 77.0 Å². The predicted octanol–water partition coefficient (Wildman–Crippen LogP) is 0.0538. The van der Waals surface area contributed by atoms with Gasteiger partial charge in [-0.1, -0.05) is 0 Å². The molecule has 0 spiro atoms. The molecule has 1 rings (SSSR count). The van der Waals surface area contributed by atoms with E-state index in [-0.39, 0.29) is 12.2 Å². The first kappa shape index (κ1) is 9.68. The fourth-order valence-electron chi connectivity index (χ4n) is 1.04. The van der Waals surface area contributed by atoms with Crippen molar-refractivity contribution in [2.45, 2.75) is 25.8 Å². The molecule has 5 heteroatoms. The van der Waals surface area contributed by atoms with Crippen molar-refractivity contribution in [1.29, 1.82) is 5.26 Å². The Morgan fingerprint density at radius 1 is 1.85 bits per heavy atom. The fraction of sp³-hybridized carbons (Fsp3) is 0.625. The third kappa shape index (κ3) is 1.84. The average Bonchev–Trinajstić information content (AvgIpc) is 2.56. The normalized spacial score (nSPS) is 15.9. The van der Waals surface area contributed by atoms with E-state index in [0.29, 0.717) is 6.54 Å². The van der Waals surface area contributed by atoms with Crippen LogP contribution in [0.15, 0.2) is 5.10 Å². The molecule has 13 heavy (non-hydrogen) atoms. The highest BCUT2D eigenvalue weighted by Gasteiger charge is 2.34. The van der Waals surface area contributed by atoms with Crippen molar-refractivity contribution in [2.24, 2.45) is 5.10 Å². The summed E-state index contributed by atoms with van der Waals surface area (Å²) in [6.07, 6.45) is 1.60. The molecule has 70 valence electrons. The Hall–Kier alpha value is -1.41. The maximum Gasteiger partial charge on any atom is 0.175 e. The van der Waals surface area contributed by atoms with Gasteiger partial charge >= 0.3 is 0 Å². The van der Waals surface area contributed by atoms with Gasteiger partial charge in [0.2, 0.25) is 0 Å². The number of hydrogen-bond donors (Lipinski definition) is 1. The quantitative estimate of drug-likeness (QED) is 0.666. The van der Waals surface area contributed by atoms with Gasteiger partial charge in [-0.2, -0.15) is 10.4 Å². The van der Waals surface area contributed by atoms with Crippen LogP contribution in [0.3, 0.4) is 0 Å². The van der Waals surface area contributed by atoms with Gasteiger partial charge in [-0.15, -0.1) is 0 Å². The van der Waals surface area contributed by atoms with Crippen molar-refractivity contribution in [1.82, 2.24) is 10.5 Å². The van der Waals surface area contributed by atoms with Crippen LogP contribution < -0.4 is 5.43 Å². The summed E-state index contributed by atoms with van der Waals surface area (Å²) in [5.41, 5.74) is 2.17. The number of carbonyl (C=O) groups is 1. The number of hydrazine groups is 1. The molecular weight excluding hydrogens is 168 g/mol. The third-order valence-electron chi connectivity index (χ3n) is 1.98. The highest BCUT2D eigenvalue weighted by atomic mass is 16.1. The molecule has 1 heterocycles. The van der Waals surface area contributed by atoms with Crippen LogP contribution >= 0.6 is 0 Å². The van der Waals surface area contributed by atoms with Crippen LogP contribution in [0.4, 0.5) is 0 Å². The van der Waals surface area contributed by atoms with Crippen molar-refractivity contribution < 1.29 is 4.79 Å². The molecule has 0 saturated heterocycles. The summed E-state index contributed by atoms with van der Waals surface area (Å²) in [6, 6.07) is 1.84. The van der Waals surface area contributed by atoms with E-state index in [2.05, 4.69) is 10.5 Å². The average molecular weight is 180 g/mol. The molecule has 0 unspecified atom stereocenters. The molecule has 0 bridgehead atoms. The number of carbonyl (C=O) groups excluding carboxylic acids is 1. The molecule has 0 aromatic heterocycles. The smallest absolute Gasteiger partial charge is 0.175 e. The summed E-state index contributed by atoms with van der Waals surface area (Å²) < 4.78 is 0. The van der Waals surface area contributed by atoms with E-state index in [4.69, 9.17) is 5.26 Å². The molecule has 0 aromatic rings. The molecule has 0 saturated carbocycles. The number of nitriles is 1. The van der Waals surface area contributed by atoms with E-state index in [9.17, 15) is 4.79 Å². The van der Waals surface area contributed by atoms with Gasteiger partial charge in [-0.05, 0) is 13.8 Å². The van der Waals surface area contributed by atoms with Crippen LogP contribution in [0.1, 0.15) is 20.3 Å². The van der Waals surface area contributed by atoms with Gasteiger partial charge in [0.15, 0.2) is 5.78 Å². The summed E-state index contributed by atoms with van der Waals surface area (Å²) in [6.45, 7) is 4.11. The molecule has 0 amide bonds. The summed E-state index contributed by atoms with van der Waals surface area (Å²) in [5, 5.41) is 13.9. The lowest BCUT2D eigenvalue weighted by Crippen LogP contribution is -2.51. The number of nitrogens with zero attached hydrogens (tertiary/aromatic N) is 3. The number of hydrogen-bond acceptors (Lipinski definition) is 5. The van der Waals surface area contributed by atoms with Gasteiger partial charge in [0.25, 0.3) is 0 Å². The Kier molecular flexibility index (Phi) is 2.63. The Morgan fingerprint density at radius 2 is 2.54 bits per heavy atom. The lowest BCUT2D eigenvalue weighted by Gasteiger charge is -2.31. The van der Waals surface area contributed by atoms with E-state index >= 15 is 0 Å². The molecular formula is C8H12N4O. The number of rotatable bonds is 3. The van der Waals surface area contributed by atoms with E-state index in [0.717, 1.165) is 0 Å². The van der Waals surface area contributed by atoms with Crippen molar-refractivity contribution in [3.8, 4) is 6.07 Å². The lowest BCUT2D eigenvalue weighted by atomic mass is 9.98. The zero-order valence-electron chi connectivity index (χ0n) is 7.74. The van der Waals surface area contributed by atoms with E-state index in [1.807, 2.05) is 6.07 Å². The topological polar surface area (TPSA) is 68.5 Å². The van der Waals surface area contributed by atoms with E-state index in [1.165, 1.54) is 5.12 Å². The summed E-state index contributed by atoms with van der Waals surface area (Å²) in [7, 11) is 0. The second kappa shape index (κ2) is 3.54. The minimum atomic E-state index is -0.747. The SMILES string of the molecule is CC(C)(C(=O)CC#N)N1N=CCN1. The van der Waals surface area contributed by atoms with Gasteiger partial charge in [-0.3, -0.25) is 4.79 Å². The maximum absolute atomic E-state index is 11.5. The van der Waals surface area contributed by atoms with Gasteiger partial charge in [0, 0.05) is 6.21 Å². The highest BCUT2D eigenvalue weighted by molar-refractivity contribution is 5.89. The van der Waals surface area contributed by atoms with Crippen LogP contribution in [0.2, 0.25) is 0 Å². The molecule has 0 radical (unpaired) electrons. The van der Waals surface area contributed by atoms with Crippen molar-refractivity contribution >= 4 is 12.0 Å². The minimum absolute atomic E-state index is 0.0826. The second-order valence-corrected chi connectivity index (χ2v) is 3.29. The van der Waals surface area contributed by atoms with Crippen LogP contribution in [0.5, 0.6) is 0 Å². The molecule has 5 nitrogen and oxygen atoms in total. The Morgan fingerprint density at radius 3 is 3.00 bits per heavy atom. The first-order valence-electron chi connectivity index (χ1n) is 4.05. The minimum Gasteiger partial charge on any atom is -0.296 e. The van der Waals surface area contributed by atoms with Crippen LogP contribution in [0, 0.1) is 11.3 Å². The number of ketones is 1. The van der Waals surface area contributed by atoms with Crippen LogP contribution in [-0.2, 0) is 4.79 Å². The monoisotopic (exact) mass is 180 g/mol. The summed E-state index contributed by atoms with van der Waals surface area (Å²) >= 11 is 0. The Balaban J connectivity index is 2.69. The molecule has 0 aromatic carbocycles. The van der Waals surface area contributed by atoms with E-state index < -0.39 is 5.54 Å². The van der Waals surface area contributed by atoms with Crippen molar-refractivity contribution in [3.63, 3.8) is 0 Å². The highest BCUT2D eigenvalue weighted by Crippen LogP contribution is 2.16. The van der Waals surface area contributed by atoms with Crippen molar-refractivity contribution in [2.75, 3.05) is 6.54 Å². The van der Waals surface area contributed by atoms with Crippen LogP contribution in [-0.4, -0.2) is 29.2 Å². The maximum atomic E-state index is 11.5. The molecule has 1 aliphatic heterocycles. The van der Waals surface area contributed by atoms with Gasteiger partial charge in [-0.25, -0.2) is 10.5 Å². The first-order valence-corrected chi connectivity index (χ1v) is 4.05. The standard InChI is InChI=1S/C8H12N4O/c1-8(2,7(13)3-4-9)12-10-5-6-11-12/h5,11H,3,6H2,1-2H3. The number of nitrogens with one attached hydrogen (secondary N) is 1. The number of hydrazone groups is 1. The van der Waals surface area contributed by atoms with Gasteiger partial charge in [0.05, 0.1) is 19.0 Å². The molecule has 0 aliphatic carbocycles. The molecule has 1 N–H and O–H groups in total. The predicted molar refractivity (Wildman–Crippen MR) is 47.6 cm³/mol. The number of Topliss-reactive ketones (excluding diaryl/α,β-unsaturated/α-hetero) is 1. The summed E-state index contributed by atoms with van der Waals surface area (Å²) in [4.78, 5) is 11.5. The molecule has 0 fully saturated rings. The molecule has 0 atom stereocenters. The van der Waals surface area contributed by atoms with Crippen LogP contribution in [0.25, 0.3) is 0 Å². The van der Waals surface area contributed by atoms with Gasteiger partial charge in [0.1, 0.15) is 5.54 Å². The van der Waals surface area contributed by atoms with Crippen molar-refractivity contribution in [3.05, 3.63) is 0 Å². The van der Waals surface area contributed by atoms with Gasteiger partial charge < -0.3 is 0 Å². The zero-order chi connectivity index (χ0) is 9.90. The first-order chi connectivity index (χ1) is 6.09. The fourth-order valence-corrected chi connectivity index (χ4v) is 1.04. The second-order valence-electron chi connectivity index (χ2n) is 3.29.